The number of nitrogens with two attached hydrogens (primary N) is 1. The first kappa shape index (κ1) is 13.8. The molecule has 8 heteroatoms. The highest BCUT2D eigenvalue weighted by Crippen LogP contribution is 2.30. The molecular formula is C9H10BrFN2O4. The van der Waals surface area contributed by atoms with Crippen LogP contribution in [0.1, 0.15) is 11.7 Å². The second-order valence-corrected chi connectivity index (χ2v) is 4.01. The molecule has 0 bridgehead atoms. The van der Waals surface area contributed by atoms with E-state index in [-0.39, 0.29) is 10.9 Å². The van der Waals surface area contributed by atoms with Crippen molar-refractivity contribution in [1.29, 1.82) is 0 Å². The molecule has 0 spiro atoms. The van der Waals surface area contributed by atoms with Crippen molar-refractivity contribution < 1.29 is 19.5 Å². The molecule has 2 unspecified atom stereocenters. The molecule has 4 N–H and O–H groups in total. The van der Waals surface area contributed by atoms with Crippen LogP contribution in [0.3, 0.4) is 0 Å². The van der Waals surface area contributed by atoms with E-state index >= 15 is 0 Å². The van der Waals surface area contributed by atoms with Crippen LogP contribution in [-0.2, 0) is 0 Å². The van der Waals surface area contributed by atoms with Crippen molar-refractivity contribution >= 4 is 27.3 Å². The lowest BCUT2D eigenvalue weighted by Crippen LogP contribution is -2.20. The van der Waals surface area contributed by atoms with Crippen LogP contribution in [0.25, 0.3) is 0 Å². The van der Waals surface area contributed by atoms with Gasteiger partial charge in [0.05, 0.1) is 11.0 Å². The normalized spacial score (nSPS) is 14.4. The van der Waals surface area contributed by atoms with E-state index in [2.05, 4.69) is 15.9 Å². The van der Waals surface area contributed by atoms with Gasteiger partial charge in [0.25, 0.3) is 5.69 Å². The Labute approximate surface area is 104 Å². The summed E-state index contributed by atoms with van der Waals surface area (Å²) in [6.45, 7) is 0. The Bertz CT molecular complexity index is 443. The van der Waals surface area contributed by atoms with Crippen LogP contribution in [0.5, 0.6) is 0 Å². The van der Waals surface area contributed by atoms with E-state index in [9.17, 15) is 24.7 Å². The van der Waals surface area contributed by atoms with Crippen molar-refractivity contribution in [3.05, 3.63) is 33.6 Å². The van der Waals surface area contributed by atoms with E-state index in [1.165, 1.54) is 0 Å². The number of benzene rings is 1. The van der Waals surface area contributed by atoms with Crippen LogP contribution in [0.2, 0.25) is 0 Å². The molecule has 1 aromatic carbocycles. The molecule has 17 heavy (non-hydrogen) atoms. The van der Waals surface area contributed by atoms with Crippen molar-refractivity contribution in [2.45, 2.75) is 12.2 Å². The summed E-state index contributed by atoms with van der Waals surface area (Å²) in [5, 5.41) is 29.6. The summed E-state index contributed by atoms with van der Waals surface area (Å²) in [4.78, 5) is 9.74. The van der Waals surface area contributed by atoms with Gasteiger partial charge in [-0.15, -0.1) is 0 Å². The van der Waals surface area contributed by atoms with Gasteiger partial charge < -0.3 is 15.9 Å². The number of aliphatic hydroxyl groups excluding tert-OH is 2. The first-order valence-electron chi connectivity index (χ1n) is 4.54. The van der Waals surface area contributed by atoms with Gasteiger partial charge >= 0.3 is 0 Å². The van der Waals surface area contributed by atoms with E-state index in [1.807, 2.05) is 0 Å². The summed E-state index contributed by atoms with van der Waals surface area (Å²) >= 11 is 2.93. The highest BCUT2D eigenvalue weighted by Gasteiger charge is 2.24. The molecule has 2 atom stereocenters. The number of nitro groups is 1. The standard InChI is InChI=1S/C9H10BrFN2O4/c10-3-7(14)9(15)4-1-5(11)8(12)6(2-4)13(16)17/h1-2,7,9,14-15H,3,12H2. The van der Waals surface area contributed by atoms with Crippen LogP contribution in [-0.4, -0.2) is 26.6 Å². The smallest absolute Gasteiger partial charge is 0.295 e. The zero-order chi connectivity index (χ0) is 13.2. The van der Waals surface area contributed by atoms with E-state index in [0.717, 1.165) is 12.1 Å². The lowest BCUT2D eigenvalue weighted by molar-refractivity contribution is -0.384. The van der Waals surface area contributed by atoms with Gasteiger partial charge in [0, 0.05) is 11.4 Å². The molecule has 0 aliphatic rings. The fourth-order valence-electron chi connectivity index (χ4n) is 1.25. The molecule has 0 aliphatic heterocycles. The van der Waals surface area contributed by atoms with Crippen molar-refractivity contribution in [2.75, 3.05) is 11.1 Å². The topological polar surface area (TPSA) is 110 Å². The summed E-state index contributed by atoms with van der Waals surface area (Å²) in [6.07, 6.45) is -2.62. The Morgan fingerprint density at radius 1 is 1.53 bits per heavy atom. The molecule has 0 fully saturated rings. The van der Waals surface area contributed by atoms with Crippen LogP contribution in [0.15, 0.2) is 12.1 Å². The monoisotopic (exact) mass is 308 g/mol. The molecule has 0 radical (unpaired) electrons. The van der Waals surface area contributed by atoms with Crippen molar-refractivity contribution in [3.63, 3.8) is 0 Å². The SMILES string of the molecule is Nc1c(F)cc(C(O)C(O)CBr)cc1[N+](=O)[O-]. The van der Waals surface area contributed by atoms with Crippen LogP contribution in [0.4, 0.5) is 15.8 Å². The fourth-order valence-corrected chi connectivity index (χ4v) is 1.61. The number of nitro benzene ring substituents is 1. The minimum atomic E-state index is -1.43. The number of nitrogens with zero attached hydrogens (tertiary/aromatic N) is 1. The minimum Gasteiger partial charge on any atom is -0.391 e. The Morgan fingerprint density at radius 2 is 2.12 bits per heavy atom. The molecule has 1 rings (SSSR count). The minimum absolute atomic E-state index is 0.0496. The van der Waals surface area contributed by atoms with Gasteiger partial charge in [-0.2, -0.15) is 0 Å². The first-order valence-corrected chi connectivity index (χ1v) is 5.66. The second kappa shape index (κ2) is 5.39. The maximum Gasteiger partial charge on any atom is 0.295 e. The third-order valence-corrected chi connectivity index (χ3v) is 2.85. The van der Waals surface area contributed by atoms with Crippen molar-refractivity contribution in [3.8, 4) is 0 Å². The van der Waals surface area contributed by atoms with Crippen LogP contribution in [0, 0.1) is 15.9 Å². The lowest BCUT2D eigenvalue weighted by Gasteiger charge is -2.16. The number of nitrogen functional groups attached to an aromatic ring is 1. The Hall–Kier alpha value is -1.25. The van der Waals surface area contributed by atoms with Gasteiger partial charge in [-0.1, -0.05) is 15.9 Å². The van der Waals surface area contributed by atoms with Gasteiger partial charge in [-0.3, -0.25) is 10.1 Å². The number of hydrogen-bond acceptors (Lipinski definition) is 5. The van der Waals surface area contributed by atoms with E-state index < -0.39 is 34.3 Å². The first-order chi connectivity index (χ1) is 7.88. The van der Waals surface area contributed by atoms with Gasteiger partial charge in [0.1, 0.15) is 11.8 Å². The molecule has 0 saturated carbocycles. The number of rotatable bonds is 4. The summed E-state index contributed by atoms with van der Waals surface area (Å²) in [5.74, 6) is -1.00. The zero-order valence-electron chi connectivity index (χ0n) is 8.51. The van der Waals surface area contributed by atoms with E-state index in [0.29, 0.717) is 0 Å². The number of halogens is 2. The highest BCUT2D eigenvalue weighted by molar-refractivity contribution is 9.09. The highest BCUT2D eigenvalue weighted by atomic mass is 79.9. The second-order valence-electron chi connectivity index (χ2n) is 3.36. The average Bonchev–Trinajstić information content (AvgIpc) is 2.30. The molecule has 0 heterocycles. The van der Waals surface area contributed by atoms with Gasteiger partial charge in [-0.25, -0.2) is 4.39 Å². The number of aliphatic hydroxyl groups is 2. The maximum absolute atomic E-state index is 13.3. The summed E-state index contributed by atoms with van der Waals surface area (Å²) in [6, 6.07) is 1.80. The van der Waals surface area contributed by atoms with E-state index in [4.69, 9.17) is 5.73 Å². The summed E-state index contributed by atoms with van der Waals surface area (Å²) in [7, 11) is 0. The molecule has 0 saturated heterocycles. The Balaban J connectivity index is 3.23. The van der Waals surface area contributed by atoms with E-state index in [1.54, 1.807) is 0 Å². The third kappa shape index (κ3) is 2.90. The molecule has 6 nitrogen and oxygen atoms in total. The molecule has 94 valence electrons. The predicted octanol–water partition coefficient (Wildman–Crippen LogP) is 1.11. The number of alkyl halides is 1. The predicted molar refractivity (Wildman–Crippen MR) is 62.2 cm³/mol. The molecule has 0 amide bonds. The van der Waals surface area contributed by atoms with Gasteiger partial charge in [0.15, 0.2) is 5.82 Å². The molecule has 0 aromatic heterocycles. The summed E-state index contributed by atoms with van der Waals surface area (Å²) < 4.78 is 13.3. The Kier molecular flexibility index (Phi) is 4.38. The Morgan fingerprint density at radius 3 is 2.59 bits per heavy atom. The number of hydrogen-bond donors (Lipinski definition) is 3. The van der Waals surface area contributed by atoms with Crippen molar-refractivity contribution in [1.82, 2.24) is 0 Å². The molecular weight excluding hydrogens is 299 g/mol. The third-order valence-electron chi connectivity index (χ3n) is 2.19. The zero-order valence-corrected chi connectivity index (χ0v) is 10.1. The largest absolute Gasteiger partial charge is 0.391 e. The molecule has 1 aromatic rings. The maximum atomic E-state index is 13.3. The average molecular weight is 309 g/mol. The lowest BCUT2D eigenvalue weighted by atomic mass is 10.0. The quantitative estimate of drug-likeness (QED) is 0.334. The number of anilines is 1. The van der Waals surface area contributed by atoms with Crippen molar-refractivity contribution in [2.24, 2.45) is 0 Å². The van der Waals surface area contributed by atoms with Crippen LogP contribution >= 0.6 is 15.9 Å². The van der Waals surface area contributed by atoms with Crippen LogP contribution < -0.4 is 5.73 Å². The van der Waals surface area contributed by atoms with Gasteiger partial charge in [0.2, 0.25) is 0 Å². The molecule has 0 aliphatic carbocycles. The summed E-state index contributed by atoms with van der Waals surface area (Å²) in [5.41, 5.74) is 3.85. The van der Waals surface area contributed by atoms with Gasteiger partial charge in [-0.05, 0) is 11.6 Å². The fraction of sp³-hybridized carbons (Fsp3) is 0.333.